The summed E-state index contributed by atoms with van der Waals surface area (Å²) in [6.45, 7) is 5.16. The average molecular weight is 347 g/mol. The van der Waals surface area contributed by atoms with E-state index in [-0.39, 0.29) is 11.8 Å². The molecule has 4 heteroatoms. The number of benzene rings is 2. The van der Waals surface area contributed by atoms with E-state index in [0.717, 1.165) is 23.4 Å². The highest BCUT2D eigenvalue weighted by Gasteiger charge is 2.11. The van der Waals surface area contributed by atoms with Gasteiger partial charge in [-0.3, -0.25) is 4.79 Å². The van der Waals surface area contributed by atoms with E-state index in [4.69, 9.17) is 4.98 Å². The van der Waals surface area contributed by atoms with Crippen LogP contribution in [0.1, 0.15) is 25.2 Å². The minimum absolute atomic E-state index is 0.00243. The number of carbonyl (C=O) groups is 1. The molecule has 0 spiro atoms. The molecule has 0 bridgehead atoms. The number of hydrogen-bond acceptors (Lipinski definition) is 2. The molecule has 0 atom stereocenters. The predicted molar refractivity (Wildman–Crippen MR) is 107 cm³/mol. The number of hydrogen-bond donors (Lipinski definition) is 1. The molecule has 1 heterocycles. The number of imidazole rings is 1. The third-order valence-electron chi connectivity index (χ3n) is 4.30. The van der Waals surface area contributed by atoms with Crippen molar-refractivity contribution in [3.05, 3.63) is 72.1 Å². The first kappa shape index (κ1) is 17.9. The first-order valence-electron chi connectivity index (χ1n) is 9.08. The van der Waals surface area contributed by atoms with Crippen LogP contribution in [0, 0.1) is 5.92 Å². The smallest absolute Gasteiger partial charge is 0.222 e. The van der Waals surface area contributed by atoms with Gasteiger partial charge >= 0.3 is 0 Å². The summed E-state index contributed by atoms with van der Waals surface area (Å²) in [4.78, 5) is 16.5. The number of para-hydroxylation sites is 2. The molecule has 1 aromatic heterocycles. The Hall–Kier alpha value is -2.88. The van der Waals surface area contributed by atoms with Crippen LogP contribution in [-0.4, -0.2) is 22.0 Å². The maximum atomic E-state index is 11.8. The maximum absolute atomic E-state index is 11.8. The number of fused-ring (bicyclic) bond motifs is 1. The molecule has 0 unspecified atom stereocenters. The Morgan fingerprint density at radius 2 is 1.85 bits per heavy atom. The van der Waals surface area contributed by atoms with Gasteiger partial charge in [-0.25, -0.2) is 4.98 Å². The first-order valence-corrected chi connectivity index (χ1v) is 9.08. The standard InChI is InChI=1S/C22H25N3O/c1-17(2)22(26)23-15-14-21-24-19-12-6-7-13-20(19)25(21)16-8-11-18-9-4-3-5-10-18/h3-13,17H,14-16H2,1-2H3,(H,23,26)/b11-8+. The van der Waals surface area contributed by atoms with Crippen LogP contribution < -0.4 is 5.32 Å². The molecule has 134 valence electrons. The lowest BCUT2D eigenvalue weighted by Crippen LogP contribution is -2.30. The fraction of sp³-hybridized carbons (Fsp3) is 0.273. The van der Waals surface area contributed by atoms with Gasteiger partial charge in [-0.1, -0.05) is 68.5 Å². The molecular formula is C22H25N3O. The predicted octanol–water partition coefficient (Wildman–Crippen LogP) is 4.06. The van der Waals surface area contributed by atoms with E-state index in [1.165, 1.54) is 5.56 Å². The number of carbonyl (C=O) groups excluding carboxylic acids is 1. The molecule has 0 saturated heterocycles. The lowest BCUT2D eigenvalue weighted by atomic mass is 10.2. The van der Waals surface area contributed by atoms with Gasteiger partial charge in [-0.05, 0) is 17.7 Å². The van der Waals surface area contributed by atoms with E-state index < -0.39 is 0 Å². The first-order chi connectivity index (χ1) is 12.6. The molecule has 2 aromatic carbocycles. The van der Waals surface area contributed by atoms with E-state index in [0.29, 0.717) is 13.0 Å². The largest absolute Gasteiger partial charge is 0.355 e. The number of amides is 1. The minimum atomic E-state index is 0.00243. The maximum Gasteiger partial charge on any atom is 0.222 e. The van der Waals surface area contributed by atoms with Gasteiger partial charge in [0.15, 0.2) is 0 Å². The summed E-state index contributed by atoms with van der Waals surface area (Å²) < 4.78 is 2.22. The fourth-order valence-electron chi connectivity index (χ4n) is 2.88. The molecule has 0 aliphatic heterocycles. The average Bonchev–Trinajstić information content (AvgIpc) is 3.00. The van der Waals surface area contributed by atoms with Crippen LogP contribution in [0.5, 0.6) is 0 Å². The molecule has 0 fully saturated rings. The van der Waals surface area contributed by atoms with Gasteiger partial charge in [0.1, 0.15) is 5.82 Å². The summed E-state index contributed by atoms with van der Waals surface area (Å²) in [5.41, 5.74) is 3.30. The molecule has 0 radical (unpaired) electrons. The second-order valence-electron chi connectivity index (χ2n) is 6.64. The normalized spacial score (nSPS) is 11.5. The van der Waals surface area contributed by atoms with E-state index >= 15 is 0 Å². The Kier molecular flexibility index (Phi) is 5.84. The topological polar surface area (TPSA) is 46.9 Å². The van der Waals surface area contributed by atoms with Crippen LogP contribution >= 0.6 is 0 Å². The molecule has 0 aliphatic carbocycles. The van der Waals surface area contributed by atoms with Gasteiger partial charge < -0.3 is 9.88 Å². The van der Waals surface area contributed by atoms with E-state index in [1.54, 1.807) is 0 Å². The van der Waals surface area contributed by atoms with Crippen molar-refractivity contribution in [3.8, 4) is 0 Å². The zero-order chi connectivity index (χ0) is 18.4. The molecule has 3 aromatic rings. The Morgan fingerprint density at radius 1 is 1.12 bits per heavy atom. The van der Waals surface area contributed by atoms with Crippen molar-refractivity contribution in [1.29, 1.82) is 0 Å². The number of nitrogens with zero attached hydrogens (tertiary/aromatic N) is 2. The highest BCUT2D eigenvalue weighted by molar-refractivity contribution is 5.78. The summed E-state index contributed by atoms with van der Waals surface area (Å²) in [6, 6.07) is 18.4. The Balaban J connectivity index is 1.76. The van der Waals surface area contributed by atoms with Crippen LogP contribution in [0.15, 0.2) is 60.7 Å². The molecule has 26 heavy (non-hydrogen) atoms. The molecule has 0 aliphatic rings. The SMILES string of the molecule is CC(C)C(=O)NCCc1nc2ccccc2n1C/C=C/c1ccccc1. The molecule has 3 rings (SSSR count). The van der Waals surface area contributed by atoms with Crippen molar-refractivity contribution < 1.29 is 4.79 Å². The summed E-state index contributed by atoms with van der Waals surface area (Å²) >= 11 is 0. The van der Waals surface area contributed by atoms with Gasteiger partial charge in [-0.15, -0.1) is 0 Å². The van der Waals surface area contributed by atoms with E-state index in [2.05, 4.69) is 40.2 Å². The molecular weight excluding hydrogens is 322 g/mol. The number of rotatable bonds is 7. The second kappa shape index (κ2) is 8.48. The van der Waals surface area contributed by atoms with Crippen molar-refractivity contribution in [1.82, 2.24) is 14.9 Å². The van der Waals surface area contributed by atoms with Gasteiger partial charge in [0.2, 0.25) is 5.91 Å². The van der Waals surface area contributed by atoms with Crippen molar-refractivity contribution >= 4 is 23.0 Å². The molecule has 1 N–H and O–H groups in total. The number of nitrogens with one attached hydrogen (secondary N) is 1. The van der Waals surface area contributed by atoms with E-state index in [9.17, 15) is 4.79 Å². The van der Waals surface area contributed by atoms with E-state index in [1.807, 2.05) is 50.2 Å². The van der Waals surface area contributed by atoms with Crippen molar-refractivity contribution in [2.45, 2.75) is 26.8 Å². The molecule has 1 amide bonds. The Bertz CT molecular complexity index is 894. The van der Waals surface area contributed by atoms with Crippen LogP contribution in [0.2, 0.25) is 0 Å². The van der Waals surface area contributed by atoms with Crippen molar-refractivity contribution in [3.63, 3.8) is 0 Å². The summed E-state index contributed by atoms with van der Waals surface area (Å²) in [5.74, 6) is 1.08. The van der Waals surface area contributed by atoms with Crippen LogP contribution in [0.25, 0.3) is 17.1 Å². The summed E-state index contributed by atoms with van der Waals surface area (Å²) in [6.07, 6.45) is 4.99. The highest BCUT2D eigenvalue weighted by atomic mass is 16.1. The van der Waals surface area contributed by atoms with Gasteiger partial charge in [0.25, 0.3) is 0 Å². The Labute approximate surface area is 154 Å². The monoisotopic (exact) mass is 347 g/mol. The lowest BCUT2D eigenvalue weighted by molar-refractivity contribution is -0.123. The molecule has 0 saturated carbocycles. The van der Waals surface area contributed by atoms with Gasteiger partial charge in [0.05, 0.1) is 11.0 Å². The minimum Gasteiger partial charge on any atom is -0.355 e. The van der Waals surface area contributed by atoms with Crippen molar-refractivity contribution in [2.24, 2.45) is 5.92 Å². The zero-order valence-electron chi connectivity index (χ0n) is 15.4. The van der Waals surface area contributed by atoms with Gasteiger partial charge in [-0.2, -0.15) is 0 Å². The summed E-state index contributed by atoms with van der Waals surface area (Å²) in [5, 5.41) is 2.97. The highest BCUT2D eigenvalue weighted by Crippen LogP contribution is 2.17. The number of aromatic nitrogens is 2. The number of allylic oxidation sites excluding steroid dienone is 1. The quantitative estimate of drug-likeness (QED) is 0.700. The zero-order valence-corrected chi connectivity index (χ0v) is 15.4. The van der Waals surface area contributed by atoms with Crippen LogP contribution in [0.4, 0.5) is 0 Å². The van der Waals surface area contributed by atoms with Gasteiger partial charge in [0, 0.05) is 25.4 Å². The second-order valence-corrected chi connectivity index (χ2v) is 6.64. The van der Waals surface area contributed by atoms with Crippen LogP contribution in [-0.2, 0) is 17.8 Å². The van der Waals surface area contributed by atoms with Crippen LogP contribution in [0.3, 0.4) is 0 Å². The molecule has 4 nitrogen and oxygen atoms in total. The third kappa shape index (κ3) is 4.39. The summed E-state index contributed by atoms with van der Waals surface area (Å²) in [7, 11) is 0. The lowest BCUT2D eigenvalue weighted by Gasteiger charge is -2.09. The van der Waals surface area contributed by atoms with Crippen molar-refractivity contribution in [2.75, 3.05) is 6.54 Å². The fourth-order valence-corrected chi connectivity index (χ4v) is 2.88. The third-order valence-corrected chi connectivity index (χ3v) is 4.30. The Morgan fingerprint density at radius 3 is 2.62 bits per heavy atom.